The zero-order valence-electron chi connectivity index (χ0n) is 15.3. The van der Waals surface area contributed by atoms with Crippen molar-refractivity contribution >= 4 is 62.5 Å². The number of hydrogen-bond acceptors (Lipinski definition) is 6. The monoisotopic (exact) mass is 432 g/mol. The Morgan fingerprint density at radius 3 is 2.00 bits per heavy atom. The Bertz CT molecular complexity index is 802. The van der Waals surface area contributed by atoms with E-state index < -0.39 is 0 Å². The van der Waals surface area contributed by atoms with Crippen molar-refractivity contribution in [1.82, 2.24) is 4.98 Å². The van der Waals surface area contributed by atoms with Crippen LogP contribution in [0, 0.1) is 0 Å². The molecule has 0 aliphatic carbocycles. The third-order valence-electron chi connectivity index (χ3n) is 4.53. The Morgan fingerprint density at radius 2 is 1.33 bits per heavy atom. The minimum atomic E-state index is 1.09. The first-order valence-corrected chi connectivity index (χ1v) is 13.6. The summed E-state index contributed by atoms with van der Waals surface area (Å²) < 4.78 is 1.26. The predicted octanol–water partition coefficient (Wildman–Crippen LogP) is 5.98. The van der Waals surface area contributed by atoms with E-state index in [2.05, 4.69) is 88.7 Å². The number of thioether (sulfide) groups is 3. The van der Waals surface area contributed by atoms with E-state index in [0.717, 1.165) is 23.6 Å². The van der Waals surface area contributed by atoms with Crippen LogP contribution in [-0.4, -0.2) is 52.6 Å². The fraction of sp³-hybridized carbons (Fsp3) is 0.381. The van der Waals surface area contributed by atoms with Gasteiger partial charge in [-0.2, -0.15) is 35.3 Å². The van der Waals surface area contributed by atoms with Gasteiger partial charge in [0.15, 0.2) is 0 Å². The fourth-order valence-corrected chi connectivity index (χ4v) is 7.24. The van der Waals surface area contributed by atoms with Crippen molar-refractivity contribution < 1.29 is 0 Å². The summed E-state index contributed by atoms with van der Waals surface area (Å²) in [5, 5.41) is 1.11. The standard InChI is InChI=1S/C21H24N2S4/c1-2-4-20-19(3-1)22-21(27-20)17-5-7-18(8-6-17)23-9-11-24-13-15-26-16-14-25-12-10-23/h1-8H,9-16H2. The van der Waals surface area contributed by atoms with Gasteiger partial charge in [0.1, 0.15) is 5.01 Å². The van der Waals surface area contributed by atoms with E-state index in [-0.39, 0.29) is 0 Å². The molecule has 0 radical (unpaired) electrons. The summed E-state index contributed by atoms with van der Waals surface area (Å²) in [6.07, 6.45) is 0. The molecule has 4 rings (SSSR count). The second-order valence-corrected chi connectivity index (χ2v) is 11.1. The van der Waals surface area contributed by atoms with Gasteiger partial charge in [0.25, 0.3) is 0 Å². The summed E-state index contributed by atoms with van der Waals surface area (Å²) >= 11 is 8.06. The molecule has 0 amide bonds. The number of fused-ring (bicyclic) bond motifs is 1. The van der Waals surface area contributed by atoms with E-state index in [1.54, 1.807) is 11.3 Å². The van der Waals surface area contributed by atoms with Crippen molar-refractivity contribution in [2.45, 2.75) is 0 Å². The summed E-state index contributed by atoms with van der Waals surface area (Å²) in [6.45, 7) is 2.27. The zero-order chi connectivity index (χ0) is 18.3. The first kappa shape index (κ1) is 19.5. The molecule has 1 fully saturated rings. The van der Waals surface area contributed by atoms with E-state index >= 15 is 0 Å². The van der Waals surface area contributed by atoms with Gasteiger partial charge in [-0.3, -0.25) is 0 Å². The molecule has 0 atom stereocenters. The van der Waals surface area contributed by atoms with Crippen molar-refractivity contribution in [2.24, 2.45) is 0 Å². The second-order valence-electron chi connectivity index (χ2n) is 6.36. The average Bonchev–Trinajstić information content (AvgIpc) is 3.13. The van der Waals surface area contributed by atoms with Gasteiger partial charge < -0.3 is 4.90 Å². The van der Waals surface area contributed by atoms with Crippen LogP contribution in [-0.2, 0) is 0 Å². The van der Waals surface area contributed by atoms with E-state index in [0.29, 0.717) is 0 Å². The molecule has 0 saturated carbocycles. The lowest BCUT2D eigenvalue weighted by atomic mass is 10.2. The minimum absolute atomic E-state index is 1.09. The van der Waals surface area contributed by atoms with Crippen LogP contribution in [0.4, 0.5) is 5.69 Å². The molecule has 0 unspecified atom stereocenters. The lowest BCUT2D eigenvalue weighted by molar-refractivity contribution is 0.879. The van der Waals surface area contributed by atoms with Crippen LogP contribution in [0.1, 0.15) is 0 Å². The quantitative estimate of drug-likeness (QED) is 0.493. The number of nitrogens with zero attached hydrogens (tertiary/aromatic N) is 2. The van der Waals surface area contributed by atoms with Gasteiger partial charge in [-0.25, -0.2) is 4.98 Å². The van der Waals surface area contributed by atoms with Crippen molar-refractivity contribution in [3.63, 3.8) is 0 Å². The number of aromatic nitrogens is 1. The van der Waals surface area contributed by atoms with Crippen molar-refractivity contribution in [1.29, 1.82) is 0 Å². The van der Waals surface area contributed by atoms with Crippen LogP contribution in [0.3, 0.4) is 0 Å². The number of rotatable bonds is 2. The maximum atomic E-state index is 4.79. The molecule has 6 heteroatoms. The number of benzene rings is 2. The lowest BCUT2D eigenvalue weighted by Crippen LogP contribution is -2.28. The van der Waals surface area contributed by atoms with Crippen LogP contribution in [0.15, 0.2) is 48.5 Å². The van der Waals surface area contributed by atoms with Crippen molar-refractivity contribution in [3.8, 4) is 10.6 Å². The Balaban J connectivity index is 1.47. The SMILES string of the molecule is c1ccc2sc(-c3ccc(N4CCSCCSCCSCC4)cc3)nc2c1. The summed E-state index contributed by atoms with van der Waals surface area (Å²) in [5.74, 6) is 7.57. The van der Waals surface area contributed by atoms with E-state index in [1.807, 2.05) is 0 Å². The number of thiazole rings is 1. The molecule has 0 N–H and O–H groups in total. The Morgan fingerprint density at radius 1 is 0.704 bits per heavy atom. The van der Waals surface area contributed by atoms with Crippen molar-refractivity contribution in [3.05, 3.63) is 48.5 Å². The van der Waals surface area contributed by atoms with E-state index in [4.69, 9.17) is 4.98 Å². The van der Waals surface area contributed by atoms with Crippen LogP contribution in [0.25, 0.3) is 20.8 Å². The van der Waals surface area contributed by atoms with E-state index in [1.165, 1.54) is 50.5 Å². The zero-order valence-corrected chi connectivity index (χ0v) is 18.6. The lowest BCUT2D eigenvalue weighted by Gasteiger charge is -2.25. The van der Waals surface area contributed by atoms with Crippen LogP contribution < -0.4 is 4.90 Å². The highest BCUT2D eigenvalue weighted by Crippen LogP contribution is 2.31. The smallest absolute Gasteiger partial charge is 0.124 e. The molecule has 2 nitrogen and oxygen atoms in total. The number of hydrogen-bond donors (Lipinski definition) is 0. The maximum absolute atomic E-state index is 4.79. The van der Waals surface area contributed by atoms with Gasteiger partial charge in [0, 0.05) is 58.9 Å². The molecular weight excluding hydrogens is 409 g/mol. The molecule has 0 bridgehead atoms. The largest absolute Gasteiger partial charge is 0.370 e. The Kier molecular flexibility index (Phi) is 7.29. The molecule has 3 aromatic rings. The van der Waals surface area contributed by atoms with Gasteiger partial charge in [0.2, 0.25) is 0 Å². The first-order chi connectivity index (χ1) is 13.4. The molecule has 2 aromatic carbocycles. The maximum Gasteiger partial charge on any atom is 0.124 e. The average molecular weight is 433 g/mol. The van der Waals surface area contributed by atoms with Gasteiger partial charge in [-0.15, -0.1) is 11.3 Å². The molecule has 142 valence electrons. The Hall–Kier alpha value is -0.820. The summed E-state index contributed by atoms with van der Waals surface area (Å²) in [4.78, 5) is 7.34. The van der Waals surface area contributed by atoms with Crippen LogP contribution in [0.2, 0.25) is 0 Å². The third-order valence-corrected chi connectivity index (χ3v) is 9.04. The summed E-state index contributed by atoms with van der Waals surface area (Å²) in [5.41, 5.74) is 3.65. The van der Waals surface area contributed by atoms with Gasteiger partial charge in [-0.1, -0.05) is 12.1 Å². The normalized spacial score (nSPS) is 17.4. The highest BCUT2D eigenvalue weighted by molar-refractivity contribution is 8.04. The number of anilines is 1. The summed E-state index contributed by atoms with van der Waals surface area (Å²) in [7, 11) is 0. The van der Waals surface area contributed by atoms with Crippen molar-refractivity contribution in [2.75, 3.05) is 52.5 Å². The van der Waals surface area contributed by atoms with Gasteiger partial charge in [-0.05, 0) is 36.4 Å². The number of para-hydroxylation sites is 1. The highest BCUT2D eigenvalue weighted by atomic mass is 32.2. The summed E-state index contributed by atoms with van der Waals surface area (Å²) in [6, 6.07) is 17.4. The topological polar surface area (TPSA) is 16.1 Å². The molecule has 2 heterocycles. The molecule has 1 aromatic heterocycles. The molecule has 1 aliphatic rings. The fourth-order valence-electron chi connectivity index (χ4n) is 3.07. The molecular formula is C21H24N2S4. The third kappa shape index (κ3) is 5.37. The Labute approximate surface area is 178 Å². The van der Waals surface area contributed by atoms with Gasteiger partial charge >= 0.3 is 0 Å². The molecule has 1 aliphatic heterocycles. The van der Waals surface area contributed by atoms with Crippen LogP contribution >= 0.6 is 46.6 Å². The highest BCUT2D eigenvalue weighted by Gasteiger charge is 2.10. The van der Waals surface area contributed by atoms with Crippen LogP contribution in [0.5, 0.6) is 0 Å². The van der Waals surface area contributed by atoms with E-state index in [9.17, 15) is 0 Å². The molecule has 0 spiro atoms. The van der Waals surface area contributed by atoms with Gasteiger partial charge in [0.05, 0.1) is 10.2 Å². The minimum Gasteiger partial charge on any atom is -0.370 e. The molecule has 27 heavy (non-hydrogen) atoms. The molecule has 1 saturated heterocycles. The first-order valence-electron chi connectivity index (χ1n) is 9.34. The predicted molar refractivity (Wildman–Crippen MR) is 129 cm³/mol. The second kappa shape index (κ2) is 10.1.